The fraction of sp³-hybridized carbons (Fsp3) is 0.214. The summed E-state index contributed by atoms with van der Waals surface area (Å²) in [5.41, 5.74) is 12.4. The van der Waals surface area contributed by atoms with Crippen LogP contribution in [0.4, 0.5) is 5.69 Å². The first-order valence-electron chi connectivity index (χ1n) is 5.37. The van der Waals surface area contributed by atoms with Gasteiger partial charge in [-0.05, 0) is 61.7 Å². The van der Waals surface area contributed by atoms with Gasteiger partial charge in [-0.25, -0.2) is 0 Å². The van der Waals surface area contributed by atoms with Gasteiger partial charge in [-0.2, -0.15) is 0 Å². The second-order valence-corrected chi connectivity index (χ2v) is 4.24. The van der Waals surface area contributed by atoms with Crippen LogP contribution in [0.1, 0.15) is 16.7 Å². The molecule has 2 rings (SSSR count). The van der Waals surface area contributed by atoms with Crippen molar-refractivity contribution in [3.63, 3.8) is 0 Å². The van der Waals surface area contributed by atoms with Crippen molar-refractivity contribution in [2.75, 3.05) is 5.73 Å². The summed E-state index contributed by atoms with van der Waals surface area (Å²) in [6, 6.07) is 8.26. The van der Waals surface area contributed by atoms with Crippen molar-refractivity contribution in [1.82, 2.24) is 4.98 Å². The Morgan fingerprint density at radius 1 is 1.00 bits per heavy atom. The lowest BCUT2D eigenvalue weighted by atomic mass is 10.0. The maximum Gasteiger partial charge on any atom is 0.0704 e. The van der Waals surface area contributed by atoms with Crippen LogP contribution >= 0.6 is 0 Å². The smallest absolute Gasteiger partial charge is 0.0704 e. The first-order valence-corrected chi connectivity index (χ1v) is 5.37. The number of nitrogens with zero attached hydrogens (tertiary/aromatic N) is 1. The van der Waals surface area contributed by atoms with Gasteiger partial charge in [-0.1, -0.05) is 0 Å². The molecule has 0 unspecified atom stereocenters. The normalized spacial score (nSPS) is 10.4. The first-order chi connectivity index (χ1) is 7.58. The monoisotopic (exact) mass is 212 g/mol. The van der Waals surface area contributed by atoms with Crippen molar-refractivity contribution in [2.45, 2.75) is 20.8 Å². The molecule has 1 aromatic heterocycles. The summed E-state index contributed by atoms with van der Waals surface area (Å²) in [7, 11) is 0. The Morgan fingerprint density at radius 2 is 1.62 bits per heavy atom. The van der Waals surface area contributed by atoms with Gasteiger partial charge >= 0.3 is 0 Å². The maximum atomic E-state index is 5.94. The second-order valence-electron chi connectivity index (χ2n) is 4.24. The summed E-state index contributed by atoms with van der Waals surface area (Å²) in [5, 5.41) is 0. The lowest BCUT2D eigenvalue weighted by Gasteiger charge is -2.08. The van der Waals surface area contributed by atoms with E-state index in [4.69, 9.17) is 5.73 Å². The SMILES string of the molecule is Cc1ccnc(-c2cc(C)c(N)c(C)c2)c1. The van der Waals surface area contributed by atoms with Crippen molar-refractivity contribution in [3.8, 4) is 11.3 Å². The lowest BCUT2D eigenvalue weighted by molar-refractivity contribution is 1.27. The topological polar surface area (TPSA) is 38.9 Å². The Bertz CT molecular complexity index is 507. The van der Waals surface area contributed by atoms with Crippen LogP contribution in [-0.4, -0.2) is 4.98 Å². The molecule has 0 saturated heterocycles. The van der Waals surface area contributed by atoms with Crippen LogP contribution in [0.15, 0.2) is 30.5 Å². The van der Waals surface area contributed by atoms with Crippen molar-refractivity contribution < 1.29 is 0 Å². The van der Waals surface area contributed by atoms with Crippen LogP contribution < -0.4 is 5.73 Å². The third-order valence-corrected chi connectivity index (χ3v) is 2.80. The molecule has 82 valence electrons. The van der Waals surface area contributed by atoms with Crippen molar-refractivity contribution in [1.29, 1.82) is 0 Å². The highest BCUT2D eigenvalue weighted by Crippen LogP contribution is 2.25. The van der Waals surface area contributed by atoms with Crippen LogP contribution in [0.2, 0.25) is 0 Å². The largest absolute Gasteiger partial charge is 0.398 e. The Balaban J connectivity index is 2.57. The summed E-state index contributed by atoms with van der Waals surface area (Å²) in [6.45, 7) is 6.13. The van der Waals surface area contributed by atoms with Gasteiger partial charge in [0.05, 0.1) is 5.69 Å². The summed E-state index contributed by atoms with van der Waals surface area (Å²) in [6.07, 6.45) is 1.84. The molecule has 0 spiro atoms. The summed E-state index contributed by atoms with van der Waals surface area (Å²) in [5.74, 6) is 0. The number of benzene rings is 1. The Hall–Kier alpha value is -1.83. The highest BCUT2D eigenvalue weighted by Gasteiger charge is 2.04. The van der Waals surface area contributed by atoms with Gasteiger partial charge in [0.25, 0.3) is 0 Å². The van der Waals surface area contributed by atoms with E-state index in [2.05, 4.69) is 30.1 Å². The number of rotatable bonds is 1. The number of anilines is 1. The van der Waals surface area contributed by atoms with E-state index in [-0.39, 0.29) is 0 Å². The molecular formula is C14H16N2. The van der Waals surface area contributed by atoms with Gasteiger partial charge in [0, 0.05) is 17.4 Å². The average molecular weight is 212 g/mol. The molecule has 2 aromatic rings. The quantitative estimate of drug-likeness (QED) is 0.737. The fourth-order valence-corrected chi connectivity index (χ4v) is 1.82. The summed E-state index contributed by atoms with van der Waals surface area (Å²) < 4.78 is 0. The second kappa shape index (κ2) is 3.97. The number of nitrogens with two attached hydrogens (primary N) is 1. The number of hydrogen-bond acceptors (Lipinski definition) is 2. The highest BCUT2D eigenvalue weighted by molar-refractivity contribution is 5.67. The molecule has 16 heavy (non-hydrogen) atoms. The molecule has 2 nitrogen and oxygen atoms in total. The minimum atomic E-state index is 0.872. The molecule has 0 atom stereocenters. The summed E-state index contributed by atoms with van der Waals surface area (Å²) in [4.78, 5) is 4.38. The third-order valence-electron chi connectivity index (χ3n) is 2.80. The predicted octanol–water partition coefficient (Wildman–Crippen LogP) is 3.26. The molecular weight excluding hydrogens is 196 g/mol. The van der Waals surface area contributed by atoms with E-state index in [0.29, 0.717) is 0 Å². The average Bonchev–Trinajstić information content (AvgIpc) is 2.25. The molecule has 0 aliphatic heterocycles. The van der Waals surface area contributed by atoms with E-state index in [1.54, 1.807) is 0 Å². The first kappa shape index (κ1) is 10.7. The van der Waals surface area contributed by atoms with Crippen LogP contribution in [0.25, 0.3) is 11.3 Å². The van der Waals surface area contributed by atoms with Crippen molar-refractivity contribution >= 4 is 5.69 Å². The number of aryl methyl sites for hydroxylation is 3. The fourth-order valence-electron chi connectivity index (χ4n) is 1.82. The zero-order valence-electron chi connectivity index (χ0n) is 9.91. The van der Waals surface area contributed by atoms with Crippen molar-refractivity contribution in [3.05, 3.63) is 47.2 Å². The number of pyridine rings is 1. The Kier molecular flexibility index (Phi) is 2.65. The molecule has 0 radical (unpaired) electrons. The zero-order valence-corrected chi connectivity index (χ0v) is 9.91. The molecule has 1 aromatic carbocycles. The molecule has 0 fully saturated rings. The van der Waals surface area contributed by atoms with E-state index >= 15 is 0 Å². The molecule has 0 saturated carbocycles. The van der Waals surface area contributed by atoms with E-state index in [0.717, 1.165) is 28.1 Å². The summed E-state index contributed by atoms with van der Waals surface area (Å²) >= 11 is 0. The number of aromatic nitrogens is 1. The third kappa shape index (κ3) is 1.91. The molecule has 0 aliphatic carbocycles. The maximum absolute atomic E-state index is 5.94. The van der Waals surface area contributed by atoms with E-state index in [9.17, 15) is 0 Å². The predicted molar refractivity (Wildman–Crippen MR) is 68.3 cm³/mol. The van der Waals surface area contributed by atoms with Gasteiger partial charge in [0.2, 0.25) is 0 Å². The van der Waals surface area contributed by atoms with E-state index in [1.165, 1.54) is 5.56 Å². The molecule has 0 amide bonds. The molecule has 1 heterocycles. The minimum Gasteiger partial charge on any atom is -0.398 e. The molecule has 0 bridgehead atoms. The standard InChI is InChI=1S/C14H16N2/c1-9-4-5-16-13(6-9)12-7-10(2)14(15)11(3)8-12/h4-8H,15H2,1-3H3. The molecule has 0 aliphatic rings. The molecule has 2 heteroatoms. The zero-order chi connectivity index (χ0) is 11.7. The van der Waals surface area contributed by atoms with Gasteiger partial charge < -0.3 is 5.73 Å². The number of nitrogen functional groups attached to an aromatic ring is 1. The van der Waals surface area contributed by atoms with Gasteiger partial charge in [0.1, 0.15) is 0 Å². The minimum absolute atomic E-state index is 0.872. The highest BCUT2D eigenvalue weighted by atomic mass is 14.7. The molecule has 2 N–H and O–H groups in total. The van der Waals surface area contributed by atoms with Gasteiger partial charge in [-0.3, -0.25) is 4.98 Å². The van der Waals surface area contributed by atoms with E-state index < -0.39 is 0 Å². The number of hydrogen-bond donors (Lipinski definition) is 1. The lowest BCUT2D eigenvalue weighted by Crippen LogP contribution is -1.95. The van der Waals surface area contributed by atoms with Gasteiger partial charge in [-0.15, -0.1) is 0 Å². The Labute approximate surface area is 96.1 Å². The van der Waals surface area contributed by atoms with Crippen LogP contribution in [0.5, 0.6) is 0 Å². The van der Waals surface area contributed by atoms with E-state index in [1.807, 2.05) is 26.1 Å². The van der Waals surface area contributed by atoms with Crippen molar-refractivity contribution in [2.24, 2.45) is 0 Å². The van der Waals surface area contributed by atoms with Gasteiger partial charge in [0.15, 0.2) is 0 Å². The van der Waals surface area contributed by atoms with Crippen LogP contribution in [-0.2, 0) is 0 Å². The van der Waals surface area contributed by atoms with Crippen LogP contribution in [0, 0.1) is 20.8 Å². The Morgan fingerprint density at radius 3 is 2.19 bits per heavy atom. The van der Waals surface area contributed by atoms with Crippen LogP contribution in [0.3, 0.4) is 0 Å².